The molecule has 0 radical (unpaired) electrons. The van der Waals surface area contributed by atoms with Crippen LogP contribution in [-0.4, -0.2) is 33.4 Å². The van der Waals surface area contributed by atoms with E-state index in [-0.39, 0.29) is 0 Å². The molecule has 0 N–H and O–H groups in total. The highest BCUT2D eigenvalue weighted by atomic mass is 16.2. The molecule has 2 fully saturated rings. The summed E-state index contributed by atoms with van der Waals surface area (Å²) in [6, 6.07) is 6.38. The summed E-state index contributed by atoms with van der Waals surface area (Å²) < 4.78 is 2.22. The van der Waals surface area contributed by atoms with E-state index in [9.17, 15) is 4.79 Å². The summed E-state index contributed by atoms with van der Waals surface area (Å²) in [6.07, 6.45) is 6.20. The molecule has 1 amide bonds. The van der Waals surface area contributed by atoms with Crippen molar-refractivity contribution in [2.45, 2.75) is 31.6 Å². The van der Waals surface area contributed by atoms with Gasteiger partial charge in [0, 0.05) is 49.2 Å². The fraction of sp³-hybridized carbons (Fsp3) is 0.529. The molecule has 0 unspecified atom stereocenters. The van der Waals surface area contributed by atoms with Gasteiger partial charge in [-0.1, -0.05) is 0 Å². The molecule has 2 aromatic heterocycles. The van der Waals surface area contributed by atoms with Gasteiger partial charge in [-0.05, 0) is 43.9 Å². The van der Waals surface area contributed by atoms with Gasteiger partial charge >= 0.3 is 0 Å². The molecule has 110 valence electrons. The zero-order valence-corrected chi connectivity index (χ0v) is 12.5. The first-order chi connectivity index (χ1) is 10.2. The van der Waals surface area contributed by atoms with E-state index in [4.69, 9.17) is 0 Å². The Bertz CT molecular complexity index is 678. The van der Waals surface area contributed by atoms with Crippen molar-refractivity contribution in [1.82, 2.24) is 14.5 Å². The molecule has 1 saturated carbocycles. The van der Waals surface area contributed by atoms with Gasteiger partial charge in [-0.15, -0.1) is 0 Å². The van der Waals surface area contributed by atoms with Crippen LogP contribution in [-0.2, 0) is 11.8 Å². The number of aromatic nitrogens is 2. The van der Waals surface area contributed by atoms with Crippen LogP contribution in [0.15, 0.2) is 24.4 Å². The third kappa shape index (κ3) is 2.23. The normalized spacial score (nSPS) is 20.1. The molecule has 1 saturated heterocycles. The van der Waals surface area contributed by atoms with E-state index in [0.717, 1.165) is 44.4 Å². The second-order valence-corrected chi connectivity index (χ2v) is 6.42. The van der Waals surface area contributed by atoms with E-state index in [1.165, 1.54) is 11.1 Å². The second-order valence-electron chi connectivity index (χ2n) is 6.42. The summed E-state index contributed by atoms with van der Waals surface area (Å²) in [4.78, 5) is 18.7. The van der Waals surface area contributed by atoms with E-state index >= 15 is 0 Å². The number of nitrogens with zero attached hydrogens (tertiary/aromatic N) is 3. The van der Waals surface area contributed by atoms with Gasteiger partial charge in [0.15, 0.2) is 0 Å². The van der Waals surface area contributed by atoms with E-state index in [0.29, 0.717) is 17.7 Å². The van der Waals surface area contributed by atoms with Crippen LogP contribution in [0.3, 0.4) is 0 Å². The predicted octanol–water partition coefficient (Wildman–Crippen LogP) is 2.69. The molecule has 2 aromatic rings. The molecular formula is C17H21N3O. The monoisotopic (exact) mass is 283 g/mol. The molecule has 4 heteroatoms. The molecule has 21 heavy (non-hydrogen) atoms. The van der Waals surface area contributed by atoms with Crippen molar-refractivity contribution in [2.75, 3.05) is 13.1 Å². The highest BCUT2D eigenvalue weighted by Gasteiger charge is 2.35. The zero-order chi connectivity index (χ0) is 14.4. The minimum Gasteiger partial charge on any atom is -0.342 e. The number of rotatable bonds is 2. The maximum absolute atomic E-state index is 12.1. The number of piperidine rings is 1. The standard InChI is InChI=1S/C17H21N3O/c1-19-15(11-14-3-2-8-18-16(14)19)12-6-9-20(10-7-12)17(21)13-4-5-13/h2-3,8,11-13H,4-7,9-10H2,1H3. The molecule has 0 atom stereocenters. The Hall–Kier alpha value is -1.84. The lowest BCUT2D eigenvalue weighted by Crippen LogP contribution is -2.39. The SMILES string of the molecule is Cn1c(C2CCN(C(=O)C3CC3)CC2)cc2cccnc21. The lowest BCUT2D eigenvalue weighted by molar-refractivity contribution is -0.133. The zero-order valence-electron chi connectivity index (χ0n) is 12.5. The summed E-state index contributed by atoms with van der Waals surface area (Å²) >= 11 is 0. The Morgan fingerprint density at radius 1 is 1.24 bits per heavy atom. The van der Waals surface area contributed by atoms with Crippen LogP contribution >= 0.6 is 0 Å². The first-order valence-corrected chi connectivity index (χ1v) is 7.93. The van der Waals surface area contributed by atoms with E-state index < -0.39 is 0 Å². The number of aryl methyl sites for hydroxylation is 1. The number of amides is 1. The number of carbonyl (C=O) groups excluding carboxylic acids is 1. The van der Waals surface area contributed by atoms with Crippen molar-refractivity contribution in [1.29, 1.82) is 0 Å². The Morgan fingerprint density at radius 3 is 2.67 bits per heavy atom. The number of fused-ring (bicyclic) bond motifs is 1. The van der Waals surface area contributed by atoms with Gasteiger partial charge in [-0.2, -0.15) is 0 Å². The van der Waals surface area contributed by atoms with E-state index in [1.54, 1.807) is 0 Å². The van der Waals surface area contributed by atoms with Crippen LogP contribution in [0, 0.1) is 5.92 Å². The average Bonchev–Trinajstić information content (AvgIpc) is 3.32. The van der Waals surface area contributed by atoms with Gasteiger partial charge in [0.2, 0.25) is 5.91 Å². The van der Waals surface area contributed by atoms with Crippen LogP contribution in [0.1, 0.15) is 37.3 Å². The molecule has 1 aliphatic carbocycles. The third-order valence-electron chi connectivity index (χ3n) is 4.98. The number of pyridine rings is 1. The van der Waals surface area contributed by atoms with E-state index in [2.05, 4.69) is 33.6 Å². The third-order valence-corrected chi connectivity index (χ3v) is 4.98. The largest absolute Gasteiger partial charge is 0.342 e. The summed E-state index contributed by atoms with van der Waals surface area (Å²) in [5.74, 6) is 1.29. The van der Waals surface area contributed by atoms with E-state index in [1.807, 2.05) is 12.3 Å². The summed E-state index contributed by atoms with van der Waals surface area (Å²) in [5, 5.41) is 1.21. The average molecular weight is 283 g/mol. The summed E-state index contributed by atoms with van der Waals surface area (Å²) in [7, 11) is 2.10. The summed E-state index contributed by atoms with van der Waals surface area (Å²) in [5.41, 5.74) is 2.42. The first-order valence-electron chi connectivity index (χ1n) is 7.93. The maximum atomic E-state index is 12.1. The first kappa shape index (κ1) is 12.9. The van der Waals surface area contributed by atoms with Crippen molar-refractivity contribution >= 4 is 16.9 Å². The molecule has 0 aromatic carbocycles. The fourth-order valence-corrected chi connectivity index (χ4v) is 3.56. The fourth-order valence-electron chi connectivity index (χ4n) is 3.56. The molecule has 1 aliphatic heterocycles. The molecule has 0 bridgehead atoms. The number of carbonyl (C=O) groups is 1. The molecule has 2 aliphatic rings. The Labute approximate surface area is 124 Å². The van der Waals surface area contributed by atoms with Crippen LogP contribution in [0.5, 0.6) is 0 Å². The van der Waals surface area contributed by atoms with Gasteiger partial charge in [0.25, 0.3) is 0 Å². The topological polar surface area (TPSA) is 38.1 Å². The van der Waals surface area contributed by atoms with Crippen LogP contribution in [0.25, 0.3) is 11.0 Å². The van der Waals surface area contributed by atoms with Gasteiger partial charge in [-0.3, -0.25) is 4.79 Å². The maximum Gasteiger partial charge on any atom is 0.225 e. The minimum absolute atomic E-state index is 0.350. The lowest BCUT2D eigenvalue weighted by atomic mass is 9.93. The lowest BCUT2D eigenvalue weighted by Gasteiger charge is -2.32. The van der Waals surface area contributed by atoms with Gasteiger partial charge in [0.05, 0.1) is 0 Å². The molecule has 4 nitrogen and oxygen atoms in total. The van der Waals surface area contributed by atoms with Crippen molar-refractivity contribution in [2.24, 2.45) is 13.0 Å². The van der Waals surface area contributed by atoms with Crippen LogP contribution in [0.2, 0.25) is 0 Å². The number of likely N-dealkylation sites (tertiary alicyclic amines) is 1. The minimum atomic E-state index is 0.350. The van der Waals surface area contributed by atoms with Crippen molar-refractivity contribution in [3.05, 3.63) is 30.1 Å². The van der Waals surface area contributed by atoms with Gasteiger partial charge < -0.3 is 9.47 Å². The predicted molar refractivity (Wildman–Crippen MR) is 82.0 cm³/mol. The van der Waals surface area contributed by atoms with Crippen LogP contribution in [0.4, 0.5) is 0 Å². The Balaban J connectivity index is 1.52. The number of hydrogen-bond donors (Lipinski definition) is 0. The second kappa shape index (κ2) is 4.86. The van der Waals surface area contributed by atoms with Crippen molar-refractivity contribution < 1.29 is 4.79 Å². The van der Waals surface area contributed by atoms with Gasteiger partial charge in [-0.25, -0.2) is 4.98 Å². The molecule has 0 spiro atoms. The molecule has 4 rings (SSSR count). The summed E-state index contributed by atoms with van der Waals surface area (Å²) in [6.45, 7) is 1.82. The Kier molecular flexibility index (Phi) is 2.98. The van der Waals surface area contributed by atoms with Crippen molar-refractivity contribution in [3.8, 4) is 0 Å². The highest BCUT2D eigenvalue weighted by Crippen LogP contribution is 2.35. The highest BCUT2D eigenvalue weighted by molar-refractivity contribution is 5.81. The quantitative estimate of drug-likeness (QED) is 0.850. The molecule has 3 heterocycles. The van der Waals surface area contributed by atoms with Gasteiger partial charge in [0.1, 0.15) is 5.65 Å². The molecular weight excluding hydrogens is 262 g/mol. The smallest absolute Gasteiger partial charge is 0.225 e. The van der Waals surface area contributed by atoms with Crippen molar-refractivity contribution in [3.63, 3.8) is 0 Å². The number of hydrogen-bond acceptors (Lipinski definition) is 2. The van der Waals surface area contributed by atoms with Crippen LogP contribution < -0.4 is 0 Å². The Morgan fingerprint density at radius 2 is 2.00 bits per heavy atom.